The largest absolute Gasteiger partial charge is 0.378 e. The van der Waals surface area contributed by atoms with Crippen molar-refractivity contribution >= 4 is 21.4 Å². The number of nitro benzene ring substituents is 1. The van der Waals surface area contributed by atoms with Crippen LogP contribution in [0.2, 0.25) is 0 Å². The van der Waals surface area contributed by atoms with Crippen LogP contribution in [0.15, 0.2) is 23.1 Å². The Morgan fingerprint density at radius 1 is 1.38 bits per heavy atom. The number of halogens is 1. The lowest BCUT2D eigenvalue weighted by molar-refractivity contribution is -0.384. The first-order valence-corrected chi connectivity index (χ1v) is 9.72. The summed E-state index contributed by atoms with van der Waals surface area (Å²) >= 11 is 0. The van der Waals surface area contributed by atoms with Gasteiger partial charge in [0, 0.05) is 39.0 Å². The second-order valence-corrected chi connectivity index (χ2v) is 8.22. The second-order valence-electron chi connectivity index (χ2n) is 6.66. The molecule has 2 saturated heterocycles. The van der Waals surface area contributed by atoms with Crippen LogP contribution in [0.4, 0.5) is 15.8 Å². The van der Waals surface area contributed by atoms with Gasteiger partial charge in [-0.05, 0) is 12.1 Å². The van der Waals surface area contributed by atoms with Crippen molar-refractivity contribution in [3.8, 4) is 0 Å². The third kappa shape index (κ3) is 3.52. The predicted molar refractivity (Wildman–Crippen MR) is 92.1 cm³/mol. The normalized spacial score (nSPS) is 21.2. The highest BCUT2D eigenvalue weighted by Crippen LogP contribution is 2.39. The molecule has 0 amide bonds. The molecular formula is C15H21FN4O5S. The Morgan fingerprint density at radius 3 is 2.46 bits per heavy atom. The molecular weight excluding hydrogens is 367 g/mol. The molecule has 2 heterocycles. The Bertz CT molecular complexity index is 806. The average Bonchev–Trinajstić information content (AvgIpc) is 2.53. The molecule has 0 radical (unpaired) electrons. The fourth-order valence-electron chi connectivity index (χ4n) is 3.33. The molecule has 3 rings (SSSR count). The number of rotatable bonds is 5. The van der Waals surface area contributed by atoms with Crippen LogP contribution in [-0.2, 0) is 14.8 Å². The molecule has 0 bridgehead atoms. The summed E-state index contributed by atoms with van der Waals surface area (Å²) < 4.78 is 43.5. The highest BCUT2D eigenvalue weighted by molar-refractivity contribution is 7.89. The number of anilines is 1. The van der Waals surface area contributed by atoms with Crippen molar-refractivity contribution in [1.29, 1.82) is 0 Å². The van der Waals surface area contributed by atoms with E-state index in [9.17, 15) is 18.5 Å². The molecule has 0 atom stereocenters. The van der Waals surface area contributed by atoms with Crippen LogP contribution in [0.5, 0.6) is 0 Å². The summed E-state index contributed by atoms with van der Waals surface area (Å²) in [6.45, 7) is 2.35. The summed E-state index contributed by atoms with van der Waals surface area (Å²) in [7, 11) is -2.64. The molecule has 1 aromatic rings. The van der Waals surface area contributed by atoms with Crippen molar-refractivity contribution in [2.75, 3.05) is 38.3 Å². The third-order valence-electron chi connectivity index (χ3n) is 5.14. The van der Waals surface area contributed by atoms with Gasteiger partial charge in [0.25, 0.3) is 5.69 Å². The monoisotopic (exact) mass is 388 g/mol. The van der Waals surface area contributed by atoms with Gasteiger partial charge in [-0.25, -0.2) is 17.9 Å². The van der Waals surface area contributed by atoms with Crippen molar-refractivity contribution in [1.82, 2.24) is 4.90 Å². The van der Waals surface area contributed by atoms with Gasteiger partial charge in [0.2, 0.25) is 10.0 Å². The number of nitrogens with two attached hydrogens (primary N) is 1. The maximum Gasteiger partial charge on any atom is 0.293 e. The Labute approximate surface area is 150 Å². The highest BCUT2D eigenvalue weighted by atomic mass is 32.2. The van der Waals surface area contributed by atoms with Crippen LogP contribution >= 0.6 is 0 Å². The Balaban J connectivity index is 1.84. The van der Waals surface area contributed by atoms with Gasteiger partial charge in [-0.3, -0.25) is 15.0 Å². The third-order valence-corrected chi connectivity index (χ3v) is 6.05. The quantitative estimate of drug-likeness (QED) is 0.451. The standard InChI is InChI=1S/C15H21FN4O5S/c1-18(15(16)4-6-19(7-5-15)11-9-25-10-11)13-3-2-12(26(17,23)24)8-14(13)20(21)22/h2-3,8,11H,4-7,9-10H2,1H3,(H2,17,23,24). The number of piperidine rings is 1. The molecule has 0 aromatic heterocycles. The molecule has 9 nitrogen and oxygen atoms in total. The van der Waals surface area contributed by atoms with E-state index in [0.29, 0.717) is 32.3 Å². The maximum absolute atomic E-state index is 15.5. The summed E-state index contributed by atoms with van der Waals surface area (Å²) in [6, 6.07) is 3.56. The van der Waals surface area contributed by atoms with Crippen LogP contribution in [0.3, 0.4) is 0 Å². The van der Waals surface area contributed by atoms with Crippen LogP contribution in [-0.4, -0.2) is 63.4 Å². The smallest absolute Gasteiger partial charge is 0.293 e. The van der Waals surface area contributed by atoms with E-state index in [1.165, 1.54) is 18.0 Å². The molecule has 2 aliphatic heterocycles. The predicted octanol–water partition coefficient (Wildman–Crippen LogP) is 0.839. The molecule has 1 aromatic carbocycles. The maximum atomic E-state index is 15.5. The van der Waals surface area contributed by atoms with Gasteiger partial charge in [0.05, 0.1) is 29.1 Å². The minimum atomic E-state index is -4.09. The first-order chi connectivity index (χ1) is 12.1. The number of ether oxygens (including phenoxy) is 1. The molecule has 0 aliphatic carbocycles. The SMILES string of the molecule is CN(c1ccc(S(N)(=O)=O)cc1[N+](=O)[O-])C1(F)CCN(C2COC2)CC1. The van der Waals surface area contributed by atoms with E-state index in [4.69, 9.17) is 9.88 Å². The zero-order valence-electron chi connectivity index (χ0n) is 14.3. The second kappa shape index (κ2) is 6.72. The summed E-state index contributed by atoms with van der Waals surface area (Å²) in [5, 5.41) is 16.4. The van der Waals surface area contributed by atoms with Crippen molar-refractivity contribution < 1.29 is 22.5 Å². The first kappa shape index (κ1) is 19.0. The fraction of sp³-hybridized carbons (Fsp3) is 0.600. The molecule has 144 valence electrons. The number of hydrogen-bond acceptors (Lipinski definition) is 7. The van der Waals surface area contributed by atoms with E-state index in [0.717, 1.165) is 12.1 Å². The average molecular weight is 388 g/mol. The van der Waals surface area contributed by atoms with Gasteiger partial charge >= 0.3 is 0 Å². The van der Waals surface area contributed by atoms with Crippen molar-refractivity contribution in [3.05, 3.63) is 28.3 Å². The van der Waals surface area contributed by atoms with Crippen molar-refractivity contribution in [2.24, 2.45) is 5.14 Å². The van der Waals surface area contributed by atoms with E-state index in [-0.39, 0.29) is 23.4 Å². The number of likely N-dealkylation sites (tertiary alicyclic amines) is 1. The summed E-state index contributed by atoms with van der Waals surface area (Å²) in [6.07, 6.45) is 0.377. The summed E-state index contributed by atoms with van der Waals surface area (Å²) in [5.41, 5.74) is -0.476. The molecule has 0 unspecified atom stereocenters. The zero-order valence-corrected chi connectivity index (χ0v) is 15.1. The molecule has 26 heavy (non-hydrogen) atoms. The molecule has 11 heteroatoms. The molecule has 2 N–H and O–H groups in total. The minimum absolute atomic E-state index is 0.0188. The summed E-state index contributed by atoms with van der Waals surface area (Å²) in [5.74, 6) is -1.75. The number of sulfonamides is 1. The topological polar surface area (TPSA) is 119 Å². The number of benzene rings is 1. The molecule has 2 fully saturated rings. The van der Waals surface area contributed by atoms with Crippen LogP contribution in [0, 0.1) is 10.1 Å². The first-order valence-electron chi connectivity index (χ1n) is 8.17. The number of nitrogens with zero attached hydrogens (tertiary/aromatic N) is 3. The Kier molecular flexibility index (Phi) is 4.90. The van der Waals surface area contributed by atoms with Gasteiger partial charge in [0.15, 0.2) is 5.79 Å². The lowest BCUT2D eigenvalue weighted by atomic mass is 9.97. The number of hydrogen-bond donors (Lipinski definition) is 1. The fourth-order valence-corrected chi connectivity index (χ4v) is 3.86. The van der Waals surface area contributed by atoms with Crippen LogP contribution < -0.4 is 10.0 Å². The molecule has 0 saturated carbocycles. The van der Waals surface area contributed by atoms with Gasteiger partial charge in [-0.1, -0.05) is 0 Å². The lowest BCUT2D eigenvalue weighted by Gasteiger charge is -2.46. The van der Waals surface area contributed by atoms with Gasteiger partial charge < -0.3 is 9.64 Å². The number of alkyl halides is 1. The van der Waals surface area contributed by atoms with E-state index in [1.54, 1.807) is 0 Å². The van der Waals surface area contributed by atoms with Crippen LogP contribution in [0.25, 0.3) is 0 Å². The van der Waals surface area contributed by atoms with Gasteiger partial charge in [-0.2, -0.15) is 0 Å². The van der Waals surface area contributed by atoms with Crippen molar-refractivity contribution in [2.45, 2.75) is 29.6 Å². The van der Waals surface area contributed by atoms with E-state index >= 15 is 4.39 Å². The van der Waals surface area contributed by atoms with E-state index in [2.05, 4.69) is 4.90 Å². The molecule has 2 aliphatic rings. The van der Waals surface area contributed by atoms with Crippen molar-refractivity contribution in [3.63, 3.8) is 0 Å². The van der Waals surface area contributed by atoms with Crippen LogP contribution in [0.1, 0.15) is 12.8 Å². The molecule has 0 spiro atoms. The lowest BCUT2D eigenvalue weighted by Crippen LogP contribution is -2.57. The minimum Gasteiger partial charge on any atom is -0.378 e. The van der Waals surface area contributed by atoms with Gasteiger partial charge in [0.1, 0.15) is 5.69 Å². The number of nitro groups is 1. The zero-order chi connectivity index (χ0) is 19.1. The van der Waals surface area contributed by atoms with Gasteiger partial charge in [-0.15, -0.1) is 0 Å². The number of primary sulfonamides is 1. The summed E-state index contributed by atoms with van der Waals surface area (Å²) in [4.78, 5) is 13.7. The Morgan fingerprint density at radius 2 is 2.00 bits per heavy atom. The highest BCUT2D eigenvalue weighted by Gasteiger charge is 2.42. The van der Waals surface area contributed by atoms with E-state index < -0.39 is 26.4 Å². The van der Waals surface area contributed by atoms with E-state index in [1.807, 2.05) is 0 Å². The Hall–Kier alpha value is -1.82.